The lowest BCUT2D eigenvalue weighted by Crippen LogP contribution is -2.14. The first-order valence-electron chi connectivity index (χ1n) is 6.83. The highest BCUT2D eigenvalue weighted by molar-refractivity contribution is 6.31. The van der Waals surface area contributed by atoms with Gasteiger partial charge in [-0.25, -0.2) is 4.79 Å². The monoisotopic (exact) mass is 317 g/mol. The van der Waals surface area contributed by atoms with Crippen molar-refractivity contribution >= 4 is 29.2 Å². The molecule has 2 rings (SSSR count). The summed E-state index contributed by atoms with van der Waals surface area (Å²) in [6.07, 6.45) is -0.197. The van der Waals surface area contributed by atoms with Gasteiger partial charge in [-0.2, -0.15) is 0 Å². The fraction of sp³-hybridized carbons (Fsp3) is 0.176. The minimum absolute atomic E-state index is 0.197. The van der Waals surface area contributed by atoms with Crippen molar-refractivity contribution in [1.82, 2.24) is 0 Å². The minimum Gasteiger partial charge on any atom is -0.459 e. The zero-order valence-electron chi connectivity index (χ0n) is 12.3. The van der Waals surface area contributed by atoms with Gasteiger partial charge < -0.3 is 10.1 Å². The summed E-state index contributed by atoms with van der Waals surface area (Å²) in [7, 11) is 0. The predicted octanol–water partition coefficient (Wildman–Crippen LogP) is 4.16. The quantitative estimate of drug-likeness (QED) is 0.861. The molecule has 0 atom stereocenters. The SMILES string of the molecule is CC(C)OC(=O)c1cccc(NC(=O)c2cccc(Cl)c2)c1. The highest BCUT2D eigenvalue weighted by Crippen LogP contribution is 2.16. The van der Waals surface area contributed by atoms with Gasteiger partial charge in [0.1, 0.15) is 0 Å². The molecule has 1 amide bonds. The molecule has 4 nitrogen and oxygen atoms in total. The lowest BCUT2D eigenvalue weighted by molar-refractivity contribution is 0.0378. The number of nitrogens with one attached hydrogen (secondary N) is 1. The Hall–Kier alpha value is -2.33. The van der Waals surface area contributed by atoms with Crippen LogP contribution >= 0.6 is 11.6 Å². The van der Waals surface area contributed by atoms with Crippen molar-refractivity contribution in [3.05, 3.63) is 64.7 Å². The lowest BCUT2D eigenvalue weighted by Gasteiger charge is -2.10. The maximum Gasteiger partial charge on any atom is 0.338 e. The van der Waals surface area contributed by atoms with Crippen molar-refractivity contribution in [2.45, 2.75) is 20.0 Å². The Balaban J connectivity index is 2.13. The van der Waals surface area contributed by atoms with Crippen LogP contribution < -0.4 is 5.32 Å². The molecule has 0 bridgehead atoms. The number of benzene rings is 2. The number of carbonyl (C=O) groups is 2. The first kappa shape index (κ1) is 16.0. The topological polar surface area (TPSA) is 55.4 Å². The summed E-state index contributed by atoms with van der Waals surface area (Å²) in [6, 6.07) is 13.2. The van der Waals surface area contributed by atoms with Crippen molar-refractivity contribution in [1.29, 1.82) is 0 Å². The average molecular weight is 318 g/mol. The molecule has 1 N–H and O–H groups in total. The third-order valence-corrected chi connectivity index (χ3v) is 3.02. The molecule has 0 fully saturated rings. The molecule has 0 aliphatic heterocycles. The van der Waals surface area contributed by atoms with E-state index in [1.165, 1.54) is 0 Å². The highest BCUT2D eigenvalue weighted by atomic mass is 35.5. The molecular formula is C17H16ClNO3. The molecular weight excluding hydrogens is 302 g/mol. The van der Waals surface area contributed by atoms with E-state index in [0.717, 1.165) is 0 Å². The maximum absolute atomic E-state index is 12.1. The van der Waals surface area contributed by atoms with Crippen molar-refractivity contribution < 1.29 is 14.3 Å². The molecule has 0 radical (unpaired) electrons. The van der Waals surface area contributed by atoms with Crippen LogP contribution in [0.4, 0.5) is 5.69 Å². The van der Waals surface area contributed by atoms with Gasteiger partial charge in [-0.05, 0) is 50.2 Å². The van der Waals surface area contributed by atoms with Crippen molar-refractivity contribution in [3.63, 3.8) is 0 Å². The fourth-order valence-electron chi connectivity index (χ4n) is 1.84. The summed E-state index contributed by atoms with van der Waals surface area (Å²) >= 11 is 5.87. The van der Waals surface area contributed by atoms with Crippen LogP contribution in [0, 0.1) is 0 Å². The first-order valence-corrected chi connectivity index (χ1v) is 7.21. The van der Waals surface area contributed by atoms with E-state index in [1.54, 1.807) is 62.4 Å². The molecule has 0 spiro atoms. The number of hydrogen-bond donors (Lipinski definition) is 1. The summed E-state index contributed by atoms with van der Waals surface area (Å²) in [5.74, 6) is -0.717. The molecule has 2 aromatic carbocycles. The van der Waals surface area contributed by atoms with E-state index in [9.17, 15) is 9.59 Å². The average Bonchev–Trinajstić information content (AvgIpc) is 2.47. The Morgan fingerprint density at radius 3 is 2.41 bits per heavy atom. The van der Waals surface area contributed by atoms with Gasteiger partial charge in [0.25, 0.3) is 5.91 Å². The number of hydrogen-bond acceptors (Lipinski definition) is 3. The molecule has 22 heavy (non-hydrogen) atoms. The first-order chi connectivity index (χ1) is 10.5. The second-order valence-electron chi connectivity index (χ2n) is 5.00. The van der Waals surface area contributed by atoms with Gasteiger partial charge in [-0.1, -0.05) is 23.7 Å². The third kappa shape index (κ3) is 4.33. The zero-order valence-corrected chi connectivity index (χ0v) is 13.1. The number of halogens is 1. The molecule has 0 aliphatic carbocycles. The van der Waals surface area contributed by atoms with Crippen molar-refractivity contribution in [3.8, 4) is 0 Å². The molecule has 114 valence electrons. The van der Waals surface area contributed by atoms with Crippen LogP contribution in [0.3, 0.4) is 0 Å². The van der Waals surface area contributed by atoms with E-state index in [4.69, 9.17) is 16.3 Å². The number of carbonyl (C=O) groups excluding carboxylic acids is 2. The van der Waals surface area contributed by atoms with Crippen molar-refractivity contribution in [2.75, 3.05) is 5.32 Å². The van der Waals surface area contributed by atoms with Gasteiger partial charge >= 0.3 is 5.97 Å². The van der Waals surface area contributed by atoms with Crippen molar-refractivity contribution in [2.24, 2.45) is 0 Å². The maximum atomic E-state index is 12.1. The van der Waals surface area contributed by atoms with E-state index in [2.05, 4.69) is 5.32 Å². The molecule has 5 heteroatoms. The largest absolute Gasteiger partial charge is 0.459 e. The number of anilines is 1. The Labute approximate surface area is 134 Å². The van der Waals surface area contributed by atoms with E-state index >= 15 is 0 Å². The van der Waals surface area contributed by atoms with Gasteiger partial charge in [0.2, 0.25) is 0 Å². The molecule has 2 aromatic rings. The Bertz CT molecular complexity index is 698. The standard InChI is InChI=1S/C17H16ClNO3/c1-11(2)22-17(21)13-6-4-8-15(10-13)19-16(20)12-5-3-7-14(18)9-12/h3-11H,1-2H3,(H,19,20). The van der Waals surface area contributed by atoms with Crippen LogP contribution in [-0.4, -0.2) is 18.0 Å². The lowest BCUT2D eigenvalue weighted by atomic mass is 10.1. The van der Waals surface area contributed by atoms with Gasteiger partial charge in [0, 0.05) is 16.3 Å². The van der Waals surface area contributed by atoms with Crippen LogP contribution in [0.1, 0.15) is 34.6 Å². The second kappa shape index (κ2) is 7.09. The van der Waals surface area contributed by atoms with Crippen LogP contribution in [0.5, 0.6) is 0 Å². The minimum atomic E-state index is -0.422. The molecule has 0 aliphatic rings. The number of ether oxygens (including phenoxy) is 1. The number of esters is 1. The molecule has 0 heterocycles. The highest BCUT2D eigenvalue weighted by Gasteiger charge is 2.11. The van der Waals surface area contributed by atoms with Gasteiger partial charge in [-0.15, -0.1) is 0 Å². The Morgan fingerprint density at radius 1 is 1.05 bits per heavy atom. The van der Waals surface area contributed by atoms with E-state index in [1.807, 2.05) is 0 Å². The molecule has 0 unspecified atom stereocenters. The zero-order chi connectivity index (χ0) is 16.1. The fourth-order valence-corrected chi connectivity index (χ4v) is 2.03. The normalized spacial score (nSPS) is 10.4. The van der Waals surface area contributed by atoms with E-state index in [0.29, 0.717) is 21.8 Å². The number of amides is 1. The summed E-state index contributed by atoms with van der Waals surface area (Å²) in [6.45, 7) is 3.56. The Kier molecular flexibility index (Phi) is 5.17. The summed E-state index contributed by atoms with van der Waals surface area (Å²) < 4.78 is 5.13. The van der Waals surface area contributed by atoms with Crippen LogP contribution in [-0.2, 0) is 4.74 Å². The summed E-state index contributed by atoms with van der Waals surface area (Å²) in [4.78, 5) is 24.0. The van der Waals surface area contributed by atoms with Gasteiger partial charge in [0.05, 0.1) is 11.7 Å². The Morgan fingerprint density at radius 2 is 1.73 bits per heavy atom. The molecule has 0 saturated heterocycles. The smallest absolute Gasteiger partial charge is 0.338 e. The van der Waals surface area contributed by atoms with E-state index in [-0.39, 0.29) is 12.0 Å². The van der Waals surface area contributed by atoms with Crippen LogP contribution in [0.15, 0.2) is 48.5 Å². The second-order valence-corrected chi connectivity index (χ2v) is 5.44. The van der Waals surface area contributed by atoms with E-state index < -0.39 is 5.97 Å². The van der Waals surface area contributed by atoms with Crippen LogP contribution in [0.25, 0.3) is 0 Å². The van der Waals surface area contributed by atoms with Gasteiger partial charge in [-0.3, -0.25) is 4.79 Å². The van der Waals surface area contributed by atoms with Gasteiger partial charge in [0.15, 0.2) is 0 Å². The van der Waals surface area contributed by atoms with Crippen LogP contribution in [0.2, 0.25) is 5.02 Å². The molecule has 0 saturated carbocycles. The third-order valence-electron chi connectivity index (χ3n) is 2.79. The molecule has 0 aromatic heterocycles. The summed E-state index contributed by atoms with van der Waals surface area (Å²) in [5, 5.41) is 3.22. The number of rotatable bonds is 4. The summed E-state index contributed by atoms with van der Waals surface area (Å²) in [5.41, 5.74) is 1.35. The predicted molar refractivity (Wildman–Crippen MR) is 86.4 cm³/mol.